The molecule has 1 heterocycles. The molecule has 0 amide bonds. The molecule has 1 aromatic heterocycles. The van der Waals surface area contributed by atoms with E-state index in [1.54, 1.807) is 7.11 Å². The standard InChI is InChI=1S/C16H21ClN2O/c1-11(12-5-3-4-6-12)19-15-9-13(20-2)7-8-14(15)18-16(19)10-17/h7-9,11-12H,3-6,10H2,1-2H3. The molecule has 1 saturated carbocycles. The number of ether oxygens (including phenoxy) is 1. The summed E-state index contributed by atoms with van der Waals surface area (Å²) in [6, 6.07) is 6.49. The second kappa shape index (κ2) is 5.65. The van der Waals surface area contributed by atoms with Crippen molar-refractivity contribution in [3.8, 4) is 5.75 Å². The average Bonchev–Trinajstić information content (AvgIpc) is 3.12. The van der Waals surface area contributed by atoms with Gasteiger partial charge in [0, 0.05) is 12.1 Å². The van der Waals surface area contributed by atoms with Gasteiger partial charge in [0.1, 0.15) is 11.6 Å². The van der Waals surface area contributed by atoms with Crippen molar-refractivity contribution in [2.45, 2.75) is 44.5 Å². The second-order valence-electron chi connectivity index (χ2n) is 5.67. The summed E-state index contributed by atoms with van der Waals surface area (Å²) in [6.45, 7) is 2.30. The van der Waals surface area contributed by atoms with Crippen molar-refractivity contribution < 1.29 is 4.74 Å². The molecular formula is C16H21ClN2O. The highest BCUT2D eigenvalue weighted by molar-refractivity contribution is 6.16. The molecule has 2 aromatic rings. The van der Waals surface area contributed by atoms with E-state index in [4.69, 9.17) is 16.3 Å². The molecular weight excluding hydrogens is 272 g/mol. The lowest BCUT2D eigenvalue weighted by molar-refractivity contribution is 0.361. The van der Waals surface area contributed by atoms with Crippen LogP contribution in [-0.2, 0) is 5.88 Å². The van der Waals surface area contributed by atoms with E-state index in [0.29, 0.717) is 11.9 Å². The van der Waals surface area contributed by atoms with E-state index in [1.807, 2.05) is 12.1 Å². The number of nitrogens with zero attached hydrogens (tertiary/aromatic N) is 2. The van der Waals surface area contributed by atoms with E-state index in [0.717, 1.165) is 28.5 Å². The number of methoxy groups -OCH3 is 1. The highest BCUT2D eigenvalue weighted by Gasteiger charge is 2.26. The van der Waals surface area contributed by atoms with Gasteiger partial charge >= 0.3 is 0 Å². The SMILES string of the molecule is COc1ccc2nc(CCl)n(C(C)C3CCCC3)c2c1. The first-order valence-electron chi connectivity index (χ1n) is 7.35. The van der Waals surface area contributed by atoms with Crippen molar-refractivity contribution >= 4 is 22.6 Å². The van der Waals surface area contributed by atoms with E-state index in [1.165, 1.54) is 25.7 Å². The summed E-state index contributed by atoms with van der Waals surface area (Å²) >= 11 is 6.11. The number of benzene rings is 1. The Kier molecular flexibility index (Phi) is 3.88. The molecule has 1 fully saturated rings. The summed E-state index contributed by atoms with van der Waals surface area (Å²) in [5, 5.41) is 0. The molecule has 108 valence electrons. The number of imidazole rings is 1. The van der Waals surface area contributed by atoms with Crippen LogP contribution in [0.3, 0.4) is 0 Å². The lowest BCUT2D eigenvalue weighted by atomic mass is 9.99. The maximum atomic E-state index is 6.11. The van der Waals surface area contributed by atoms with Crippen LogP contribution in [0, 0.1) is 5.92 Å². The highest BCUT2D eigenvalue weighted by Crippen LogP contribution is 2.37. The predicted octanol–water partition coefficient (Wildman–Crippen LogP) is 4.53. The van der Waals surface area contributed by atoms with E-state index in [2.05, 4.69) is 22.5 Å². The zero-order valence-electron chi connectivity index (χ0n) is 12.1. The average molecular weight is 293 g/mol. The van der Waals surface area contributed by atoms with Crippen molar-refractivity contribution in [1.29, 1.82) is 0 Å². The Morgan fingerprint density at radius 3 is 2.80 bits per heavy atom. The first kappa shape index (κ1) is 13.7. The van der Waals surface area contributed by atoms with Gasteiger partial charge in [-0.3, -0.25) is 0 Å². The van der Waals surface area contributed by atoms with Crippen LogP contribution in [0.1, 0.15) is 44.5 Å². The van der Waals surface area contributed by atoms with Gasteiger partial charge < -0.3 is 9.30 Å². The Morgan fingerprint density at radius 2 is 2.15 bits per heavy atom. The Hall–Kier alpha value is -1.22. The van der Waals surface area contributed by atoms with Crippen LogP contribution in [0.25, 0.3) is 11.0 Å². The molecule has 0 spiro atoms. The quantitative estimate of drug-likeness (QED) is 0.774. The predicted molar refractivity (Wildman–Crippen MR) is 82.5 cm³/mol. The van der Waals surface area contributed by atoms with Gasteiger partial charge in [-0.15, -0.1) is 11.6 Å². The molecule has 1 atom stereocenters. The third kappa shape index (κ3) is 2.28. The Morgan fingerprint density at radius 1 is 1.40 bits per heavy atom. The first-order chi connectivity index (χ1) is 9.74. The number of halogens is 1. The van der Waals surface area contributed by atoms with Gasteiger partial charge in [0.25, 0.3) is 0 Å². The van der Waals surface area contributed by atoms with E-state index >= 15 is 0 Å². The highest BCUT2D eigenvalue weighted by atomic mass is 35.5. The smallest absolute Gasteiger partial charge is 0.125 e. The zero-order valence-corrected chi connectivity index (χ0v) is 12.9. The van der Waals surface area contributed by atoms with Crippen molar-refractivity contribution in [1.82, 2.24) is 9.55 Å². The Bertz CT molecular complexity index is 602. The van der Waals surface area contributed by atoms with Crippen LogP contribution in [0.15, 0.2) is 18.2 Å². The van der Waals surface area contributed by atoms with Gasteiger partial charge in [-0.25, -0.2) is 4.98 Å². The minimum atomic E-state index is 0.448. The fourth-order valence-electron chi connectivity index (χ4n) is 3.45. The molecule has 4 heteroatoms. The van der Waals surface area contributed by atoms with Crippen LogP contribution in [0.4, 0.5) is 0 Å². The molecule has 1 aliphatic carbocycles. The fourth-order valence-corrected chi connectivity index (χ4v) is 3.64. The maximum Gasteiger partial charge on any atom is 0.125 e. The number of hydrogen-bond acceptors (Lipinski definition) is 2. The van der Waals surface area contributed by atoms with Gasteiger partial charge in [-0.2, -0.15) is 0 Å². The summed E-state index contributed by atoms with van der Waals surface area (Å²) < 4.78 is 7.67. The monoisotopic (exact) mass is 292 g/mol. The molecule has 0 N–H and O–H groups in total. The Balaban J connectivity index is 2.10. The summed E-state index contributed by atoms with van der Waals surface area (Å²) in [5.74, 6) is 3.03. The van der Waals surface area contributed by atoms with Crippen LogP contribution >= 0.6 is 11.6 Å². The third-order valence-corrected chi connectivity index (χ3v) is 4.82. The zero-order chi connectivity index (χ0) is 14.1. The molecule has 0 saturated heterocycles. The van der Waals surface area contributed by atoms with Gasteiger partial charge in [0.2, 0.25) is 0 Å². The number of alkyl halides is 1. The minimum Gasteiger partial charge on any atom is -0.497 e. The normalized spacial score (nSPS) is 17.8. The van der Waals surface area contributed by atoms with Crippen molar-refractivity contribution in [2.24, 2.45) is 5.92 Å². The van der Waals surface area contributed by atoms with E-state index < -0.39 is 0 Å². The van der Waals surface area contributed by atoms with Crippen LogP contribution in [0.5, 0.6) is 5.75 Å². The largest absolute Gasteiger partial charge is 0.497 e. The number of fused-ring (bicyclic) bond motifs is 1. The number of aromatic nitrogens is 2. The molecule has 3 nitrogen and oxygen atoms in total. The van der Waals surface area contributed by atoms with E-state index in [-0.39, 0.29) is 0 Å². The van der Waals surface area contributed by atoms with Crippen LogP contribution in [0.2, 0.25) is 0 Å². The lowest BCUT2D eigenvalue weighted by Crippen LogP contribution is -2.16. The van der Waals surface area contributed by atoms with Gasteiger partial charge in [0.15, 0.2) is 0 Å². The third-order valence-electron chi connectivity index (χ3n) is 4.58. The number of hydrogen-bond donors (Lipinski definition) is 0. The van der Waals surface area contributed by atoms with Crippen molar-refractivity contribution in [2.75, 3.05) is 7.11 Å². The number of rotatable bonds is 4. The van der Waals surface area contributed by atoms with Gasteiger partial charge in [0.05, 0.1) is 24.0 Å². The molecule has 1 aromatic carbocycles. The first-order valence-corrected chi connectivity index (χ1v) is 7.89. The van der Waals surface area contributed by atoms with Gasteiger partial charge in [-0.1, -0.05) is 12.8 Å². The molecule has 20 heavy (non-hydrogen) atoms. The van der Waals surface area contributed by atoms with E-state index in [9.17, 15) is 0 Å². The van der Waals surface area contributed by atoms with Crippen molar-refractivity contribution in [3.05, 3.63) is 24.0 Å². The van der Waals surface area contributed by atoms with Crippen molar-refractivity contribution in [3.63, 3.8) is 0 Å². The molecule has 3 rings (SSSR count). The van der Waals surface area contributed by atoms with Crippen LogP contribution in [-0.4, -0.2) is 16.7 Å². The summed E-state index contributed by atoms with van der Waals surface area (Å²) in [4.78, 5) is 4.67. The summed E-state index contributed by atoms with van der Waals surface area (Å²) in [6.07, 6.45) is 5.32. The topological polar surface area (TPSA) is 27.1 Å². The molecule has 1 aliphatic rings. The molecule has 0 aliphatic heterocycles. The summed E-state index contributed by atoms with van der Waals surface area (Å²) in [5.41, 5.74) is 2.14. The second-order valence-corrected chi connectivity index (χ2v) is 5.94. The fraction of sp³-hybridized carbons (Fsp3) is 0.562. The lowest BCUT2D eigenvalue weighted by Gasteiger charge is -2.23. The van der Waals surface area contributed by atoms with Gasteiger partial charge in [-0.05, 0) is 37.8 Å². The molecule has 0 radical (unpaired) electrons. The molecule has 0 bridgehead atoms. The summed E-state index contributed by atoms with van der Waals surface area (Å²) in [7, 11) is 1.70. The molecule has 1 unspecified atom stereocenters. The minimum absolute atomic E-state index is 0.448. The van der Waals surface area contributed by atoms with Crippen LogP contribution < -0.4 is 4.74 Å². The maximum absolute atomic E-state index is 6.11. The Labute approximate surface area is 124 Å².